The average molecular weight is 1190 g/mol. The molecule has 13 aromatic carbocycles. The van der Waals surface area contributed by atoms with E-state index in [4.69, 9.17) is 0 Å². The van der Waals surface area contributed by atoms with Crippen LogP contribution in [-0.4, -0.2) is 11.1 Å². The summed E-state index contributed by atoms with van der Waals surface area (Å²) >= 11 is 0. The number of nitrogens with zero attached hydrogens (tertiary/aromatic N) is 2. The van der Waals surface area contributed by atoms with Gasteiger partial charge in [-0.3, -0.25) is 0 Å². The van der Waals surface area contributed by atoms with Crippen molar-refractivity contribution in [1.82, 2.24) is 0 Å². The van der Waals surface area contributed by atoms with E-state index >= 15 is 0 Å². The Hall–Kier alpha value is -10.0. The van der Waals surface area contributed by atoms with Crippen LogP contribution >= 0.6 is 0 Å². The number of rotatable bonds is 10. The molecule has 0 bridgehead atoms. The first-order valence-corrected chi connectivity index (χ1v) is 33.6. The lowest BCUT2D eigenvalue weighted by Gasteiger charge is -2.50. The molecule has 2 nitrogen and oxygen atoms in total. The van der Waals surface area contributed by atoms with Crippen LogP contribution in [0.2, 0.25) is 0 Å². The minimum absolute atomic E-state index is 0.00972. The van der Waals surface area contributed by atoms with Gasteiger partial charge >= 0.3 is 0 Å². The molecule has 4 aliphatic rings. The van der Waals surface area contributed by atoms with Crippen molar-refractivity contribution in [2.24, 2.45) is 0 Å². The summed E-state index contributed by atoms with van der Waals surface area (Å²) in [6.07, 6.45) is 9.80. The van der Waals surface area contributed by atoms with E-state index < -0.39 is 0 Å². The maximum absolute atomic E-state index is 2.67. The molecule has 2 heteroatoms. The van der Waals surface area contributed by atoms with Crippen molar-refractivity contribution >= 4 is 44.3 Å². The van der Waals surface area contributed by atoms with Gasteiger partial charge in [-0.2, -0.15) is 0 Å². The molecule has 2 heterocycles. The topological polar surface area (TPSA) is 6.48 Å². The monoisotopic (exact) mass is 1180 g/mol. The quantitative estimate of drug-likeness (QED) is 0.126. The van der Waals surface area contributed by atoms with Crippen LogP contribution in [0.3, 0.4) is 0 Å². The maximum atomic E-state index is 2.67. The molecule has 2 aliphatic carbocycles. The fourth-order valence-corrected chi connectivity index (χ4v) is 17.6. The normalized spacial score (nSPS) is 20.6. The third-order valence-corrected chi connectivity index (χ3v) is 23.0. The summed E-state index contributed by atoms with van der Waals surface area (Å²) in [5.41, 5.74) is 27.9. The fourth-order valence-electron chi connectivity index (χ4n) is 17.6. The van der Waals surface area contributed by atoms with Crippen molar-refractivity contribution < 1.29 is 0 Å². The summed E-state index contributed by atoms with van der Waals surface area (Å²) in [7, 11) is 0. The van der Waals surface area contributed by atoms with Crippen molar-refractivity contribution in [1.29, 1.82) is 0 Å². The molecule has 0 amide bonds. The zero-order valence-electron chi connectivity index (χ0n) is 53.3. The van der Waals surface area contributed by atoms with E-state index in [0.717, 1.165) is 0 Å². The van der Waals surface area contributed by atoms with Crippen LogP contribution in [0, 0.1) is 0 Å². The van der Waals surface area contributed by atoms with Crippen LogP contribution in [0.5, 0.6) is 0 Å². The average Bonchev–Trinajstić information content (AvgIpc) is 1.46. The maximum Gasteiger partial charge on any atom is 0.0517 e. The molecule has 2 saturated carbocycles. The molecule has 0 radical (unpaired) electrons. The van der Waals surface area contributed by atoms with Crippen LogP contribution in [0.1, 0.15) is 90.2 Å². The zero-order chi connectivity index (χ0) is 61.8. The minimum atomic E-state index is 0.00972. The summed E-state index contributed by atoms with van der Waals surface area (Å²) in [6.45, 7) is 10.1. The third-order valence-electron chi connectivity index (χ3n) is 23.0. The van der Waals surface area contributed by atoms with Gasteiger partial charge in [0, 0.05) is 33.6 Å². The molecular weight excluding hydrogens is 1110 g/mol. The standard InChI is InChI=1S/C90H76N2/c1-87-53-17-19-55-89(87,3)91(75-25-13-7-14-26-75)83-51-47-73(59-81(83)87)67-33-29-65(30-34-67)71-45-49-77-79(57-71)85(69-41-37-63(38-42-69)61-21-9-5-10-22-61)78-50-46-72(58-80(78)86(77)70-43-39-64(40-44-70)62-23-11-6-12-24-62)66-31-35-68(36-32-66)74-48-52-84-82(60-74)88(2)54-18-20-56-90(88,4)92(84)76-27-15-8-16-28-76/h5-16,21-52,57-60H,17-20,53-56H2,1-4H3. The number of anilines is 4. The summed E-state index contributed by atoms with van der Waals surface area (Å²) < 4.78 is 0. The van der Waals surface area contributed by atoms with Gasteiger partial charge in [-0.25, -0.2) is 0 Å². The number of fused-ring (bicyclic) bond motifs is 8. The molecule has 0 aromatic heterocycles. The van der Waals surface area contributed by atoms with Crippen LogP contribution < -0.4 is 9.80 Å². The Morgan fingerprint density at radius 3 is 0.837 bits per heavy atom. The zero-order valence-corrected chi connectivity index (χ0v) is 53.3. The van der Waals surface area contributed by atoms with Crippen molar-refractivity contribution in [3.05, 3.63) is 302 Å². The van der Waals surface area contributed by atoms with E-state index in [1.165, 1.54) is 196 Å². The fraction of sp³-hybridized carbons (Fsp3) is 0.178. The smallest absolute Gasteiger partial charge is 0.0517 e. The molecule has 0 saturated heterocycles. The summed E-state index contributed by atoms with van der Waals surface area (Å²) in [5, 5.41) is 4.94. The molecule has 2 aliphatic heterocycles. The molecule has 0 spiro atoms. The first-order valence-electron chi connectivity index (χ1n) is 33.6. The molecule has 13 aromatic rings. The van der Waals surface area contributed by atoms with E-state index in [0.29, 0.717) is 0 Å². The summed E-state index contributed by atoms with van der Waals surface area (Å²) in [5.74, 6) is 0. The van der Waals surface area contributed by atoms with Crippen molar-refractivity contribution in [2.45, 2.75) is 101 Å². The number of hydrogen-bond donors (Lipinski definition) is 0. The lowest BCUT2D eigenvalue weighted by molar-refractivity contribution is 0.195. The number of hydrogen-bond acceptors (Lipinski definition) is 2. The Morgan fingerprint density at radius 1 is 0.228 bits per heavy atom. The van der Waals surface area contributed by atoms with E-state index in [-0.39, 0.29) is 21.9 Å². The highest BCUT2D eigenvalue weighted by atomic mass is 15.3. The van der Waals surface area contributed by atoms with Gasteiger partial charge in [0.15, 0.2) is 0 Å². The first-order chi connectivity index (χ1) is 45.1. The Kier molecular flexibility index (Phi) is 13.3. The van der Waals surface area contributed by atoms with Gasteiger partial charge < -0.3 is 9.80 Å². The van der Waals surface area contributed by atoms with Gasteiger partial charge in [0.05, 0.1) is 11.1 Å². The highest BCUT2D eigenvalue weighted by Crippen LogP contribution is 2.63. The molecular formula is C90H76N2. The molecule has 17 rings (SSSR count). The summed E-state index contributed by atoms with van der Waals surface area (Å²) in [6, 6.07) is 110. The molecule has 2 fully saturated rings. The van der Waals surface area contributed by atoms with Gasteiger partial charge in [0.2, 0.25) is 0 Å². The van der Waals surface area contributed by atoms with Crippen molar-refractivity contribution in [2.75, 3.05) is 9.80 Å². The van der Waals surface area contributed by atoms with Gasteiger partial charge in [-0.05, 0) is 222 Å². The van der Waals surface area contributed by atoms with Crippen LogP contribution in [-0.2, 0) is 10.8 Å². The minimum Gasteiger partial charge on any atom is -0.334 e. The lowest BCUT2D eigenvalue weighted by atomic mass is 9.61. The molecule has 4 unspecified atom stereocenters. The Bertz CT molecular complexity index is 4620. The van der Waals surface area contributed by atoms with Gasteiger partial charge in [0.25, 0.3) is 0 Å². The Morgan fingerprint density at radius 2 is 0.489 bits per heavy atom. The molecule has 4 atom stereocenters. The van der Waals surface area contributed by atoms with Crippen LogP contribution in [0.25, 0.3) is 111 Å². The van der Waals surface area contributed by atoms with E-state index in [1.807, 2.05) is 0 Å². The second kappa shape index (κ2) is 21.8. The second-order valence-electron chi connectivity index (χ2n) is 27.7. The number of benzene rings is 13. The van der Waals surface area contributed by atoms with Gasteiger partial charge in [-0.1, -0.05) is 270 Å². The second-order valence-corrected chi connectivity index (χ2v) is 27.7. The first kappa shape index (κ1) is 56.0. The highest BCUT2D eigenvalue weighted by Gasteiger charge is 2.59. The van der Waals surface area contributed by atoms with E-state index in [1.54, 1.807) is 0 Å². The third kappa shape index (κ3) is 8.81. The predicted molar refractivity (Wildman–Crippen MR) is 391 cm³/mol. The van der Waals surface area contributed by atoms with Crippen LogP contribution in [0.15, 0.2) is 291 Å². The molecule has 92 heavy (non-hydrogen) atoms. The predicted octanol–water partition coefficient (Wildman–Crippen LogP) is 24.8. The Labute approximate surface area is 543 Å². The SMILES string of the molecule is CC12CCCCC1(C)N(c1ccccc1)c1ccc(-c3ccc(-c4ccc5c(-c6ccc(-c7ccccc7)cc6)c6cc(-c7ccc(-c8ccc9c(c8)C8(C)CCCCC8(C)N9c8ccccc8)cc7)ccc6c(-c6ccc(-c7ccccc7)cc6)c5c4)cc3)cc12. The van der Waals surface area contributed by atoms with Crippen molar-refractivity contribution in [3.63, 3.8) is 0 Å². The number of para-hydroxylation sites is 2. The van der Waals surface area contributed by atoms with Gasteiger partial charge in [0.1, 0.15) is 0 Å². The van der Waals surface area contributed by atoms with Crippen LogP contribution in [0.4, 0.5) is 22.7 Å². The highest BCUT2D eigenvalue weighted by molar-refractivity contribution is 6.22. The van der Waals surface area contributed by atoms with Gasteiger partial charge in [-0.15, -0.1) is 0 Å². The lowest BCUT2D eigenvalue weighted by Crippen LogP contribution is -2.54. The summed E-state index contributed by atoms with van der Waals surface area (Å²) in [4.78, 5) is 5.34. The van der Waals surface area contributed by atoms with E-state index in [2.05, 4.69) is 329 Å². The largest absolute Gasteiger partial charge is 0.334 e. The Balaban J connectivity index is 0.787. The molecule has 0 N–H and O–H groups in total. The van der Waals surface area contributed by atoms with E-state index in [9.17, 15) is 0 Å². The van der Waals surface area contributed by atoms with Crippen molar-refractivity contribution in [3.8, 4) is 89.0 Å². The molecule has 446 valence electrons.